The highest BCUT2D eigenvalue weighted by Crippen LogP contribution is 2.17. The minimum Gasteiger partial charge on any atom is -0.452 e. The van der Waals surface area contributed by atoms with Gasteiger partial charge in [-0.2, -0.15) is 4.31 Å². The van der Waals surface area contributed by atoms with Gasteiger partial charge in [0, 0.05) is 19.2 Å². The molecule has 1 amide bonds. The van der Waals surface area contributed by atoms with Crippen molar-refractivity contribution in [3.8, 4) is 0 Å². The van der Waals surface area contributed by atoms with E-state index in [2.05, 4.69) is 5.32 Å². The summed E-state index contributed by atoms with van der Waals surface area (Å²) in [5, 5.41) is 2.10. The summed E-state index contributed by atoms with van der Waals surface area (Å²) in [5.41, 5.74) is -0.342. The van der Waals surface area contributed by atoms with Gasteiger partial charge >= 0.3 is 5.97 Å². The van der Waals surface area contributed by atoms with Gasteiger partial charge in [-0.05, 0) is 36.4 Å². The third kappa shape index (κ3) is 5.58. The van der Waals surface area contributed by atoms with Crippen LogP contribution in [0.1, 0.15) is 24.2 Å². The molecule has 0 saturated carbocycles. The van der Waals surface area contributed by atoms with Crippen molar-refractivity contribution in [2.24, 2.45) is 0 Å². The van der Waals surface area contributed by atoms with E-state index >= 15 is 0 Å². The first-order valence-electron chi connectivity index (χ1n) is 8.71. The summed E-state index contributed by atoms with van der Waals surface area (Å²) in [6, 6.07) is 7.62. The molecule has 0 heterocycles. The number of carbonyl (C=O) groups excluding carboxylic acids is 2. The molecule has 0 atom stereocenters. The topological polar surface area (TPSA) is 92.8 Å². The lowest BCUT2D eigenvalue weighted by Gasteiger charge is -2.18. The maximum Gasteiger partial charge on any atom is 0.338 e. The van der Waals surface area contributed by atoms with Crippen LogP contribution in [0.2, 0.25) is 0 Å². The van der Waals surface area contributed by atoms with Crippen molar-refractivity contribution in [2.45, 2.75) is 18.7 Å². The third-order valence-corrected chi connectivity index (χ3v) is 6.03. The number of rotatable bonds is 8. The zero-order chi connectivity index (χ0) is 21.6. The van der Waals surface area contributed by atoms with Gasteiger partial charge in [-0.15, -0.1) is 0 Å². The van der Waals surface area contributed by atoms with Gasteiger partial charge in [-0.25, -0.2) is 22.0 Å². The SMILES string of the molecule is CCN(CC)S(=O)(=O)c1ccc(C(=O)OCC(=O)Nc2cc(F)ccc2F)cc1. The maximum absolute atomic E-state index is 13.5. The van der Waals surface area contributed by atoms with E-state index in [9.17, 15) is 26.8 Å². The van der Waals surface area contributed by atoms with Crippen LogP contribution >= 0.6 is 0 Å². The molecular weight excluding hydrogens is 406 g/mol. The average Bonchev–Trinajstić information content (AvgIpc) is 2.69. The minimum absolute atomic E-state index is 0.0251. The van der Waals surface area contributed by atoms with Crippen LogP contribution in [0, 0.1) is 11.6 Å². The van der Waals surface area contributed by atoms with Crippen LogP contribution in [0.15, 0.2) is 47.4 Å². The quantitative estimate of drug-likeness (QED) is 0.656. The number of halogens is 2. The first kappa shape index (κ1) is 22.4. The molecule has 0 fully saturated rings. The summed E-state index contributed by atoms with van der Waals surface area (Å²) in [6.45, 7) is 3.32. The molecule has 2 aromatic rings. The van der Waals surface area contributed by atoms with Gasteiger partial charge in [0.2, 0.25) is 10.0 Å². The summed E-state index contributed by atoms with van der Waals surface area (Å²) < 4.78 is 57.5. The van der Waals surface area contributed by atoms with Crippen LogP contribution in [0.5, 0.6) is 0 Å². The second kappa shape index (κ2) is 9.57. The molecule has 0 spiro atoms. The van der Waals surface area contributed by atoms with Crippen LogP contribution < -0.4 is 5.32 Å². The Labute approximate surface area is 167 Å². The Morgan fingerprint density at radius 3 is 2.24 bits per heavy atom. The molecule has 2 rings (SSSR count). The van der Waals surface area contributed by atoms with Crippen LogP contribution in [0.3, 0.4) is 0 Å². The van der Waals surface area contributed by atoms with E-state index < -0.39 is 40.1 Å². The van der Waals surface area contributed by atoms with Crippen molar-refractivity contribution in [3.63, 3.8) is 0 Å². The number of amides is 1. The van der Waals surface area contributed by atoms with Crippen molar-refractivity contribution in [1.29, 1.82) is 0 Å². The Morgan fingerprint density at radius 1 is 1.03 bits per heavy atom. The summed E-state index contributed by atoms with van der Waals surface area (Å²) in [7, 11) is -3.66. The molecule has 0 aromatic heterocycles. The molecule has 1 N–H and O–H groups in total. The second-order valence-corrected chi connectivity index (χ2v) is 7.80. The van der Waals surface area contributed by atoms with Crippen LogP contribution in [-0.4, -0.2) is 44.3 Å². The van der Waals surface area contributed by atoms with Gasteiger partial charge in [0.05, 0.1) is 16.1 Å². The molecule has 0 saturated heterocycles. The number of hydrogen-bond acceptors (Lipinski definition) is 5. The molecule has 0 aliphatic heterocycles. The molecule has 29 heavy (non-hydrogen) atoms. The molecule has 0 aliphatic carbocycles. The van der Waals surface area contributed by atoms with E-state index in [-0.39, 0.29) is 16.1 Å². The predicted molar refractivity (Wildman–Crippen MR) is 102 cm³/mol. The predicted octanol–water partition coefficient (Wildman–Crippen LogP) is 2.79. The highest BCUT2D eigenvalue weighted by Gasteiger charge is 2.22. The summed E-state index contributed by atoms with van der Waals surface area (Å²) >= 11 is 0. The van der Waals surface area contributed by atoms with Crippen molar-refractivity contribution in [2.75, 3.05) is 25.0 Å². The van der Waals surface area contributed by atoms with Crippen molar-refractivity contribution in [3.05, 3.63) is 59.7 Å². The third-order valence-electron chi connectivity index (χ3n) is 3.97. The Balaban J connectivity index is 1.99. The number of nitrogens with zero attached hydrogens (tertiary/aromatic N) is 1. The van der Waals surface area contributed by atoms with E-state index in [0.29, 0.717) is 13.1 Å². The largest absolute Gasteiger partial charge is 0.452 e. The number of carbonyl (C=O) groups is 2. The van der Waals surface area contributed by atoms with E-state index in [1.165, 1.54) is 28.6 Å². The first-order valence-corrected chi connectivity index (χ1v) is 10.1. The van der Waals surface area contributed by atoms with Crippen LogP contribution in [0.25, 0.3) is 0 Å². The number of nitrogens with one attached hydrogen (secondary N) is 1. The summed E-state index contributed by atoms with van der Waals surface area (Å²) in [6.07, 6.45) is 0. The first-order chi connectivity index (χ1) is 13.7. The van der Waals surface area contributed by atoms with E-state index in [0.717, 1.165) is 18.2 Å². The molecule has 10 heteroatoms. The lowest BCUT2D eigenvalue weighted by Crippen LogP contribution is -2.30. The monoisotopic (exact) mass is 426 g/mol. The van der Waals surface area contributed by atoms with Gasteiger partial charge in [-0.1, -0.05) is 13.8 Å². The smallest absolute Gasteiger partial charge is 0.338 e. The lowest BCUT2D eigenvalue weighted by atomic mass is 10.2. The molecule has 2 aromatic carbocycles. The second-order valence-electron chi connectivity index (χ2n) is 5.86. The molecular formula is C19H20F2N2O5S. The number of benzene rings is 2. The average molecular weight is 426 g/mol. The van der Waals surface area contributed by atoms with E-state index in [1.807, 2.05) is 0 Å². The zero-order valence-corrected chi connectivity index (χ0v) is 16.6. The summed E-state index contributed by atoms with van der Waals surface area (Å²) in [4.78, 5) is 23.8. The Hall–Kier alpha value is -2.85. The van der Waals surface area contributed by atoms with Gasteiger partial charge in [0.1, 0.15) is 11.6 Å². The normalized spacial score (nSPS) is 11.3. The molecule has 7 nitrogen and oxygen atoms in total. The maximum atomic E-state index is 13.5. The lowest BCUT2D eigenvalue weighted by molar-refractivity contribution is -0.119. The summed E-state index contributed by atoms with van der Waals surface area (Å²) in [5.74, 6) is -3.30. The molecule has 156 valence electrons. The fourth-order valence-corrected chi connectivity index (χ4v) is 3.93. The molecule has 0 bridgehead atoms. The Morgan fingerprint density at radius 2 is 1.66 bits per heavy atom. The highest BCUT2D eigenvalue weighted by atomic mass is 32.2. The standard InChI is InChI=1S/C19H20F2N2O5S/c1-3-23(4-2)29(26,27)15-8-5-13(6-9-15)19(25)28-12-18(24)22-17-11-14(20)7-10-16(17)21/h5-11H,3-4,12H2,1-2H3,(H,22,24). The van der Waals surface area contributed by atoms with E-state index in [1.54, 1.807) is 13.8 Å². The van der Waals surface area contributed by atoms with Gasteiger partial charge < -0.3 is 10.1 Å². The molecule has 0 aliphatic rings. The highest BCUT2D eigenvalue weighted by molar-refractivity contribution is 7.89. The van der Waals surface area contributed by atoms with Gasteiger partial charge in [-0.3, -0.25) is 4.79 Å². The minimum atomic E-state index is -3.66. The Kier molecular flexibility index (Phi) is 7.40. The molecule has 0 unspecified atom stereocenters. The fraction of sp³-hybridized carbons (Fsp3) is 0.263. The van der Waals surface area contributed by atoms with E-state index in [4.69, 9.17) is 4.74 Å². The number of sulfonamides is 1. The van der Waals surface area contributed by atoms with Gasteiger partial charge in [0.25, 0.3) is 5.91 Å². The van der Waals surface area contributed by atoms with Crippen LogP contribution in [-0.2, 0) is 19.6 Å². The molecule has 0 radical (unpaired) electrons. The van der Waals surface area contributed by atoms with Crippen molar-refractivity contribution >= 4 is 27.6 Å². The zero-order valence-electron chi connectivity index (χ0n) is 15.8. The van der Waals surface area contributed by atoms with Crippen molar-refractivity contribution < 1.29 is 31.5 Å². The number of anilines is 1. The Bertz CT molecular complexity index is 990. The van der Waals surface area contributed by atoms with Crippen molar-refractivity contribution in [1.82, 2.24) is 4.31 Å². The fourth-order valence-electron chi connectivity index (χ4n) is 2.47. The van der Waals surface area contributed by atoms with Crippen LogP contribution in [0.4, 0.5) is 14.5 Å². The number of ether oxygens (including phenoxy) is 1. The van der Waals surface area contributed by atoms with Gasteiger partial charge in [0.15, 0.2) is 6.61 Å². The number of hydrogen-bond donors (Lipinski definition) is 1. The number of esters is 1.